The van der Waals surface area contributed by atoms with Crippen molar-refractivity contribution >= 4 is 5.82 Å². The summed E-state index contributed by atoms with van der Waals surface area (Å²) in [6.07, 6.45) is 3.61. The molecule has 0 N–H and O–H groups in total. The summed E-state index contributed by atoms with van der Waals surface area (Å²) in [5.41, 5.74) is 0.986. The molecule has 22 heavy (non-hydrogen) atoms. The molecule has 1 aliphatic heterocycles. The maximum absolute atomic E-state index is 5.58. The highest BCUT2D eigenvalue weighted by molar-refractivity contribution is 5.44. The van der Waals surface area contributed by atoms with E-state index in [4.69, 9.17) is 9.72 Å². The number of hydrogen-bond acceptors (Lipinski definition) is 6. The van der Waals surface area contributed by atoms with Crippen molar-refractivity contribution < 1.29 is 4.74 Å². The Kier molecular flexibility index (Phi) is 4.06. The van der Waals surface area contributed by atoms with Gasteiger partial charge in [-0.1, -0.05) is 6.92 Å². The number of aromatic nitrogens is 5. The first-order valence-corrected chi connectivity index (χ1v) is 7.60. The van der Waals surface area contributed by atoms with Gasteiger partial charge in [-0.3, -0.25) is 0 Å². The first-order valence-electron chi connectivity index (χ1n) is 7.60. The largest absolute Gasteiger partial charge is 0.380 e. The summed E-state index contributed by atoms with van der Waals surface area (Å²) in [4.78, 5) is 11.4. The fraction of sp³-hybridized carbons (Fsp3) is 0.600. The molecule has 3 heterocycles. The van der Waals surface area contributed by atoms with Crippen LogP contribution in [0.5, 0.6) is 0 Å². The number of aryl methyl sites for hydroxylation is 3. The second-order valence-corrected chi connectivity index (χ2v) is 5.70. The van der Waals surface area contributed by atoms with Crippen molar-refractivity contribution in [2.45, 2.75) is 38.8 Å². The molecule has 2 aromatic heterocycles. The second-order valence-electron chi connectivity index (χ2n) is 5.70. The molecule has 0 bridgehead atoms. The summed E-state index contributed by atoms with van der Waals surface area (Å²) in [7, 11) is 3.72. The van der Waals surface area contributed by atoms with Gasteiger partial charge in [-0.2, -0.15) is 0 Å². The molecule has 1 fully saturated rings. The maximum Gasteiger partial charge on any atom is 0.155 e. The minimum absolute atomic E-state index is 0.122. The lowest BCUT2D eigenvalue weighted by Gasteiger charge is -2.25. The molecule has 7 nitrogen and oxygen atoms in total. The molecular formula is C15H22N6O. The average Bonchev–Trinajstić information content (AvgIpc) is 3.12. The normalized spacial score (nSPS) is 21.5. The summed E-state index contributed by atoms with van der Waals surface area (Å²) in [5.74, 6) is 2.75. The minimum atomic E-state index is 0.122. The zero-order valence-electron chi connectivity index (χ0n) is 13.5. The Hall–Kier alpha value is -2.02. The van der Waals surface area contributed by atoms with Crippen molar-refractivity contribution in [2.75, 3.05) is 18.6 Å². The molecule has 0 aromatic carbocycles. The van der Waals surface area contributed by atoms with E-state index in [2.05, 4.69) is 27.0 Å². The minimum Gasteiger partial charge on any atom is -0.380 e. The van der Waals surface area contributed by atoms with Crippen molar-refractivity contribution in [3.05, 3.63) is 29.7 Å². The first-order chi connectivity index (χ1) is 10.6. The van der Waals surface area contributed by atoms with E-state index < -0.39 is 0 Å². The second kappa shape index (κ2) is 6.00. The van der Waals surface area contributed by atoms with Crippen LogP contribution >= 0.6 is 0 Å². The highest BCUT2D eigenvalue weighted by Crippen LogP contribution is 2.35. The van der Waals surface area contributed by atoms with Gasteiger partial charge in [0.1, 0.15) is 18.0 Å². The summed E-state index contributed by atoms with van der Waals surface area (Å²) >= 11 is 0. The van der Waals surface area contributed by atoms with E-state index in [1.807, 2.05) is 24.6 Å². The molecule has 0 aliphatic carbocycles. The number of methoxy groups -OCH3 is 1. The summed E-state index contributed by atoms with van der Waals surface area (Å²) in [6, 6.07) is 2.15. The third-order valence-electron chi connectivity index (χ3n) is 4.14. The molecule has 1 saturated heterocycles. The molecule has 0 radical (unpaired) electrons. The van der Waals surface area contributed by atoms with Crippen LogP contribution in [0, 0.1) is 6.92 Å². The van der Waals surface area contributed by atoms with Crippen LogP contribution in [-0.4, -0.2) is 44.5 Å². The van der Waals surface area contributed by atoms with Crippen LogP contribution < -0.4 is 4.90 Å². The van der Waals surface area contributed by atoms with Gasteiger partial charge in [0.15, 0.2) is 5.82 Å². The van der Waals surface area contributed by atoms with E-state index in [0.29, 0.717) is 0 Å². The SMILES string of the molecule is CCc1nc(C)cc(N2C[C@H](OC)C[C@H]2c2nncn2C)n1. The molecule has 118 valence electrons. The fourth-order valence-electron chi connectivity index (χ4n) is 2.98. The number of hydrogen-bond donors (Lipinski definition) is 0. The van der Waals surface area contributed by atoms with E-state index in [0.717, 1.165) is 42.5 Å². The molecule has 0 amide bonds. The number of anilines is 1. The van der Waals surface area contributed by atoms with Gasteiger partial charge in [-0.25, -0.2) is 9.97 Å². The lowest BCUT2D eigenvalue weighted by atomic mass is 10.2. The molecule has 3 rings (SSSR count). The molecule has 1 aliphatic rings. The molecule has 0 unspecified atom stereocenters. The molecule has 2 atom stereocenters. The monoisotopic (exact) mass is 302 g/mol. The van der Waals surface area contributed by atoms with Gasteiger partial charge in [0, 0.05) is 45.3 Å². The molecule has 2 aromatic rings. The molecule has 0 saturated carbocycles. The molecular weight excluding hydrogens is 280 g/mol. The Balaban J connectivity index is 1.99. The standard InChI is InChI=1S/C15H22N6O/c1-5-13-17-10(2)6-14(18-13)21-8-11(22-4)7-12(21)15-19-16-9-20(15)3/h6,9,11-12H,5,7-8H2,1-4H3/t11-,12+/m1/s1. The lowest BCUT2D eigenvalue weighted by Crippen LogP contribution is -2.27. The summed E-state index contributed by atoms with van der Waals surface area (Å²) in [5, 5.41) is 8.29. The van der Waals surface area contributed by atoms with E-state index in [1.54, 1.807) is 13.4 Å². The predicted octanol–water partition coefficient (Wildman–Crippen LogP) is 1.44. The van der Waals surface area contributed by atoms with Gasteiger partial charge in [0.25, 0.3) is 0 Å². The number of nitrogens with zero attached hydrogens (tertiary/aromatic N) is 6. The van der Waals surface area contributed by atoms with Crippen molar-refractivity contribution in [2.24, 2.45) is 7.05 Å². The highest BCUT2D eigenvalue weighted by atomic mass is 16.5. The van der Waals surface area contributed by atoms with Crippen LogP contribution in [-0.2, 0) is 18.2 Å². The van der Waals surface area contributed by atoms with Gasteiger partial charge in [-0.15, -0.1) is 10.2 Å². The zero-order chi connectivity index (χ0) is 15.7. The topological polar surface area (TPSA) is 69.0 Å². The highest BCUT2D eigenvalue weighted by Gasteiger charge is 2.36. The Morgan fingerprint density at radius 3 is 2.82 bits per heavy atom. The fourth-order valence-corrected chi connectivity index (χ4v) is 2.98. The van der Waals surface area contributed by atoms with Crippen LogP contribution in [0.4, 0.5) is 5.82 Å². The smallest absolute Gasteiger partial charge is 0.155 e. The lowest BCUT2D eigenvalue weighted by molar-refractivity contribution is 0.118. The van der Waals surface area contributed by atoms with Crippen LogP contribution in [0.2, 0.25) is 0 Å². The first kappa shape index (κ1) is 14.9. The van der Waals surface area contributed by atoms with E-state index in [1.165, 1.54) is 0 Å². The average molecular weight is 302 g/mol. The summed E-state index contributed by atoms with van der Waals surface area (Å²) in [6.45, 7) is 4.87. The Labute approximate surface area is 130 Å². The number of ether oxygens (including phenoxy) is 1. The van der Waals surface area contributed by atoms with Gasteiger partial charge >= 0.3 is 0 Å². The van der Waals surface area contributed by atoms with Gasteiger partial charge in [0.2, 0.25) is 0 Å². The van der Waals surface area contributed by atoms with E-state index in [9.17, 15) is 0 Å². The van der Waals surface area contributed by atoms with Crippen molar-refractivity contribution in [1.82, 2.24) is 24.7 Å². The van der Waals surface area contributed by atoms with Gasteiger partial charge in [-0.05, 0) is 6.92 Å². The van der Waals surface area contributed by atoms with Crippen LogP contribution in [0.3, 0.4) is 0 Å². The van der Waals surface area contributed by atoms with Gasteiger partial charge in [0.05, 0.1) is 12.1 Å². The quantitative estimate of drug-likeness (QED) is 0.851. The molecule has 7 heteroatoms. The van der Waals surface area contributed by atoms with Crippen LogP contribution in [0.1, 0.15) is 36.7 Å². The van der Waals surface area contributed by atoms with E-state index >= 15 is 0 Å². The predicted molar refractivity (Wildman–Crippen MR) is 82.7 cm³/mol. The van der Waals surface area contributed by atoms with Crippen LogP contribution in [0.15, 0.2) is 12.4 Å². The summed E-state index contributed by atoms with van der Waals surface area (Å²) < 4.78 is 7.54. The van der Waals surface area contributed by atoms with Gasteiger partial charge < -0.3 is 14.2 Å². The number of rotatable bonds is 4. The third kappa shape index (κ3) is 2.68. The maximum atomic E-state index is 5.58. The van der Waals surface area contributed by atoms with Crippen molar-refractivity contribution in [3.63, 3.8) is 0 Å². The Morgan fingerprint density at radius 2 is 2.18 bits per heavy atom. The Bertz CT molecular complexity index is 655. The van der Waals surface area contributed by atoms with Crippen molar-refractivity contribution in [3.8, 4) is 0 Å². The van der Waals surface area contributed by atoms with Crippen molar-refractivity contribution in [1.29, 1.82) is 0 Å². The van der Waals surface area contributed by atoms with Crippen LogP contribution in [0.25, 0.3) is 0 Å². The zero-order valence-corrected chi connectivity index (χ0v) is 13.5. The third-order valence-corrected chi connectivity index (χ3v) is 4.14. The van der Waals surface area contributed by atoms with E-state index in [-0.39, 0.29) is 12.1 Å². The Morgan fingerprint density at radius 1 is 1.36 bits per heavy atom. The molecule has 0 spiro atoms.